The Morgan fingerprint density at radius 1 is 1.31 bits per heavy atom. The molecule has 1 fully saturated rings. The van der Waals surface area contributed by atoms with Crippen LogP contribution in [0.4, 0.5) is 4.39 Å². The average Bonchev–Trinajstić information content (AvgIpc) is 2.30. The van der Waals surface area contributed by atoms with Gasteiger partial charge >= 0.3 is 0 Å². The number of piperidine rings is 1. The van der Waals surface area contributed by atoms with E-state index in [9.17, 15) is 9.18 Å². The highest BCUT2D eigenvalue weighted by atomic mass is 19.1. The van der Waals surface area contributed by atoms with Crippen LogP contribution in [0.15, 0.2) is 30.3 Å². The van der Waals surface area contributed by atoms with Crippen molar-refractivity contribution in [3.8, 4) is 0 Å². The Hall–Kier alpha value is -1.42. The molecule has 1 saturated heterocycles. The van der Waals surface area contributed by atoms with E-state index in [1.807, 2.05) is 18.2 Å². The topological polar surface area (TPSA) is 41.1 Å². The summed E-state index contributed by atoms with van der Waals surface area (Å²) < 4.78 is 13.1. The molecule has 1 heterocycles. The number of nitrogens with one attached hydrogen (secondary N) is 2. The van der Waals surface area contributed by atoms with E-state index in [0.717, 1.165) is 0 Å². The summed E-state index contributed by atoms with van der Waals surface area (Å²) in [6.45, 7) is 1.02. The lowest BCUT2D eigenvalue weighted by atomic mass is 10.1. The smallest absolute Gasteiger partial charge is 0.251 e. The summed E-state index contributed by atoms with van der Waals surface area (Å²) in [6.07, 6.45) is -0.471. The second-order valence-corrected chi connectivity index (χ2v) is 4.03. The van der Waals surface area contributed by atoms with E-state index in [1.54, 1.807) is 12.1 Å². The van der Waals surface area contributed by atoms with Gasteiger partial charge in [-0.25, -0.2) is 4.39 Å². The van der Waals surface area contributed by atoms with Crippen molar-refractivity contribution < 1.29 is 9.18 Å². The number of amides is 1. The first-order valence-electron chi connectivity index (χ1n) is 5.46. The van der Waals surface area contributed by atoms with E-state index in [-0.39, 0.29) is 11.9 Å². The molecule has 1 aliphatic heterocycles. The first-order valence-corrected chi connectivity index (χ1v) is 5.46. The Morgan fingerprint density at radius 2 is 2.06 bits per heavy atom. The molecule has 2 atom stereocenters. The van der Waals surface area contributed by atoms with Crippen molar-refractivity contribution in [2.75, 3.05) is 13.1 Å². The number of carbonyl (C=O) groups is 1. The fraction of sp³-hybridized carbons (Fsp3) is 0.417. The van der Waals surface area contributed by atoms with E-state index in [2.05, 4.69) is 10.6 Å². The number of carbonyl (C=O) groups excluding carboxylic acids is 1. The molecule has 0 spiro atoms. The predicted octanol–water partition coefficient (Wildman–Crippen LogP) is 1.12. The Balaban J connectivity index is 1.92. The molecule has 0 radical (unpaired) electrons. The Kier molecular flexibility index (Phi) is 3.51. The van der Waals surface area contributed by atoms with E-state index in [4.69, 9.17) is 0 Å². The molecule has 2 rings (SSSR count). The third kappa shape index (κ3) is 2.79. The number of rotatable bonds is 2. The van der Waals surface area contributed by atoms with Crippen LogP contribution in [0.2, 0.25) is 0 Å². The van der Waals surface area contributed by atoms with Crippen LogP contribution in [-0.4, -0.2) is 31.2 Å². The molecular weight excluding hydrogens is 207 g/mol. The van der Waals surface area contributed by atoms with Crippen LogP contribution in [0, 0.1) is 0 Å². The maximum absolute atomic E-state index is 13.1. The highest BCUT2D eigenvalue weighted by Gasteiger charge is 2.22. The van der Waals surface area contributed by atoms with E-state index < -0.39 is 6.17 Å². The van der Waals surface area contributed by atoms with Crippen LogP contribution < -0.4 is 10.6 Å². The summed E-state index contributed by atoms with van der Waals surface area (Å²) in [7, 11) is 0. The zero-order valence-corrected chi connectivity index (χ0v) is 8.95. The standard InChI is InChI=1S/C12H15FN2O/c13-10-6-11(8-14-7-10)15-12(16)9-4-2-1-3-5-9/h1-5,10-11,14H,6-8H2,(H,15,16)/t10-,11+/m1/s1. The van der Waals surface area contributed by atoms with Gasteiger partial charge in [0.05, 0.1) is 0 Å². The molecule has 86 valence electrons. The van der Waals surface area contributed by atoms with Gasteiger partial charge in [0, 0.05) is 31.1 Å². The molecule has 0 unspecified atom stereocenters. The highest BCUT2D eigenvalue weighted by Crippen LogP contribution is 2.07. The van der Waals surface area contributed by atoms with Gasteiger partial charge in [-0.15, -0.1) is 0 Å². The Morgan fingerprint density at radius 3 is 2.75 bits per heavy atom. The minimum absolute atomic E-state index is 0.114. The average molecular weight is 222 g/mol. The third-order valence-corrected chi connectivity index (χ3v) is 2.67. The number of benzene rings is 1. The molecule has 1 aliphatic rings. The van der Waals surface area contributed by atoms with Crippen LogP contribution >= 0.6 is 0 Å². The lowest BCUT2D eigenvalue weighted by Crippen LogP contribution is -2.49. The van der Waals surface area contributed by atoms with Crippen LogP contribution in [0.25, 0.3) is 0 Å². The molecule has 16 heavy (non-hydrogen) atoms. The Labute approximate surface area is 94.0 Å². The maximum atomic E-state index is 13.1. The summed E-state index contributed by atoms with van der Waals surface area (Å²) in [5.74, 6) is -0.137. The monoisotopic (exact) mass is 222 g/mol. The molecule has 4 heteroatoms. The SMILES string of the molecule is O=C(N[C@@H]1CNC[C@H](F)C1)c1ccccc1. The van der Waals surface area contributed by atoms with Crippen molar-refractivity contribution in [3.05, 3.63) is 35.9 Å². The zero-order valence-electron chi connectivity index (χ0n) is 8.95. The maximum Gasteiger partial charge on any atom is 0.251 e. The summed E-state index contributed by atoms with van der Waals surface area (Å²) in [5.41, 5.74) is 0.614. The molecule has 0 aliphatic carbocycles. The molecule has 0 bridgehead atoms. The van der Waals surface area contributed by atoms with Crippen molar-refractivity contribution in [2.24, 2.45) is 0 Å². The van der Waals surface area contributed by atoms with Crippen LogP contribution in [-0.2, 0) is 0 Å². The van der Waals surface area contributed by atoms with Crippen molar-refractivity contribution >= 4 is 5.91 Å². The molecule has 0 aromatic heterocycles. The summed E-state index contributed by atoms with van der Waals surface area (Å²) in [4.78, 5) is 11.8. The molecule has 1 aromatic carbocycles. The summed E-state index contributed by atoms with van der Waals surface area (Å²) in [6, 6.07) is 8.86. The lowest BCUT2D eigenvalue weighted by Gasteiger charge is -2.26. The number of hydrogen-bond acceptors (Lipinski definition) is 2. The zero-order chi connectivity index (χ0) is 11.4. The van der Waals surface area contributed by atoms with Crippen molar-refractivity contribution in [2.45, 2.75) is 18.6 Å². The van der Waals surface area contributed by atoms with Gasteiger partial charge in [0.2, 0.25) is 0 Å². The number of hydrogen-bond donors (Lipinski definition) is 2. The van der Waals surface area contributed by atoms with E-state index >= 15 is 0 Å². The number of halogens is 1. The van der Waals surface area contributed by atoms with Crippen LogP contribution in [0.5, 0.6) is 0 Å². The highest BCUT2D eigenvalue weighted by molar-refractivity contribution is 5.94. The van der Waals surface area contributed by atoms with Gasteiger partial charge in [0.1, 0.15) is 6.17 Å². The van der Waals surface area contributed by atoms with E-state index in [1.165, 1.54) is 0 Å². The molecular formula is C12H15FN2O. The second-order valence-electron chi connectivity index (χ2n) is 4.03. The quantitative estimate of drug-likeness (QED) is 0.787. The van der Waals surface area contributed by atoms with Gasteiger partial charge < -0.3 is 10.6 Å². The van der Waals surface area contributed by atoms with E-state index in [0.29, 0.717) is 25.1 Å². The first-order chi connectivity index (χ1) is 7.75. The van der Waals surface area contributed by atoms with Gasteiger partial charge in [-0.05, 0) is 12.1 Å². The molecule has 0 saturated carbocycles. The number of alkyl halides is 1. The summed E-state index contributed by atoms with van der Waals surface area (Å²) >= 11 is 0. The molecule has 1 aromatic rings. The second kappa shape index (κ2) is 5.07. The largest absolute Gasteiger partial charge is 0.348 e. The van der Waals surface area contributed by atoms with Gasteiger partial charge in [0.15, 0.2) is 0 Å². The van der Waals surface area contributed by atoms with Gasteiger partial charge in [-0.2, -0.15) is 0 Å². The normalized spacial score (nSPS) is 25.1. The summed E-state index contributed by atoms with van der Waals surface area (Å²) in [5, 5.41) is 5.78. The Bertz CT molecular complexity index is 355. The van der Waals surface area contributed by atoms with Gasteiger partial charge in [-0.1, -0.05) is 18.2 Å². The molecule has 2 N–H and O–H groups in total. The van der Waals surface area contributed by atoms with Crippen molar-refractivity contribution in [3.63, 3.8) is 0 Å². The van der Waals surface area contributed by atoms with Crippen LogP contribution in [0.3, 0.4) is 0 Å². The van der Waals surface area contributed by atoms with Gasteiger partial charge in [0.25, 0.3) is 5.91 Å². The third-order valence-electron chi connectivity index (χ3n) is 2.67. The minimum Gasteiger partial charge on any atom is -0.348 e. The predicted molar refractivity (Wildman–Crippen MR) is 60.1 cm³/mol. The van der Waals surface area contributed by atoms with Crippen molar-refractivity contribution in [1.82, 2.24) is 10.6 Å². The molecule has 3 nitrogen and oxygen atoms in total. The first kappa shape index (κ1) is 11.1. The minimum atomic E-state index is -0.866. The fourth-order valence-corrected chi connectivity index (χ4v) is 1.86. The lowest BCUT2D eigenvalue weighted by molar-refractivity contribution is 0.0919. The van der Waals surface area contributed by atoms with Crippen molar-refractivity contribution in [1.29, 1.82) is 0 Å². The van der Waals surface area contributed by atoms with Gasteiger partial charge in [-0.3, -0.25) is 4.79 Å². The molecule has 1 amide bonds. The fourth-order valence-electron chi connectivity index (χ4n) is 1.86. The van der Waals surface area contributed by atoms with Crippen LogP contribution in [0.1, 0.15) is 16.8 Å².